The van der Waals surface area contributed by atoms with Crippen LogP contribution in [0.15, 0.2) is 30.3 Å². The number of rotatable bonds is 1. The largest absolute Gasteiger partial charge is 0.347 e. The molecule has 1 aliphatic carbocycles. The lowest BCUT2D eigenvalue weighted by Gasteiger charge is -2.17. The van der Waals surface area contributed by atoms with Crippen LogP contribution in [0.2, 0.25) is 0 Å². The number of hydrogen-bond donors (Lipinski definition) is 2. The summed E-state index contributed by atoms with van der Waals surface area (Å²) in [7, 11) is 0. The summed E-state index contributed by atoms with van der Waals surface area (Å²) >= 11 is 0. The molecule has 1 saturated carbocycles. The van der Waals surface area contributed by atoms with Crippen LogP contribution in [0.4, 0.5) is 0 Å². The van der Waals surface area contributed by atoms with Crippen molar-refractivity contribution in [3.05, 3.63) is 35.9 Å². The molecule has 2 aliphatic rings. The number of nitrogens with two attached hydrogens (primary N) is 1. The van der Waals surface area contributed by atoms with Gasteiger partial charge >= 0.3 is 0 Å². The Balaban J connectivity index is 1.94. The highest BCUT2D eigenvalue weighted by Gasteiger charge is 2.61. The highest BCUT2D eigenvalue weighted by atomic mass is 16.2. The van der Waals surface area contributed by atoms with Crippen molar-refractivity contribution in [2.24, 2.45) is 11.1 Å². The van der Waals surface area contributed by atoms with Gasteiger partial charge in [0.15, 0.2) is 0 Å². The number of hydrogen-bond acceptors (Lipinski definition) is 2. The second-order valence-electron chi connectivity index (χ2n) is 4.54. The molecule has 1 aliphatic heterocycles. The topological polar surface area (TPSA) is 55.1 Å². The van der Waals surface area contributed by atoms with Crippen molar-refractivity contribution in [3.63, 3.8) is 0 Å². The summed E-state index contributed by atoms with van der Waals surface area (Å²) in [6, 6.07) is 9.91. The Morgan fingerprint density at radius 3 is 2.47 bits per heavy atom. The minimum absolute atomic E-state index is 0.00111. The van der Waals surface area contributed by atoms with Crippen LogP contribution in [-0.4, -0.2) is 11.9 Å². The first kappa shape index (κ1) is 8.92. The Bertz CT molecular complexity index is 397. The van der Waals surface area contributed by atoms with Gasteiger partial charge in [0.25, 0.3) is 0 Å². The van der Waals surface area contributed by atoms with Gasteiger partial charge in [-0.2, -0.15) is 0 Å². The third kappa shape index (κ3) is 1.13. The summed E-state index contributed by atoms with van der Waals surface area (Å²) in [4.78, 5) is 11.8. The summed E-state index contributed by atoms with van der Waals surface area (Å²) in [5.41, 5.74) is 7.04. The zero-order chi connectivity index (χ0) is 10.5. The lowest BCUT2D eigenvalue weighted by Crippen LogP contribution is -2.33. The molecule has 2 atom stereocenters. The Kier molecular flexibility index (Phi) is 1.68. The van der Waals surface area contributed by atoms with E-state index in [-0.39, 0.29) is 23.4 Å². The molecule has 0 bridgehead atoms. The van der Waals surface area contributed by atoms with Crippen molar-refractivity contribution in [1.29, 1.82) is 0 Å². The van der Waals surface area contributed by atoms with Crippen LogP contribution >= 0.6 is 0 Å². The highest BCUT2D eigenvalue weighted by molar-refractivity contribution is 5.89. The lowest BCUT2D eigenvalue weighted by molar-refractivity contribution is -0.123. The summed E-state index contributed by atoms with van der Waals surface area (Å²) in [6.07, 6.45) is 1.90. The fourth-order valence-corrected chi connectivity index (χ4v) is 2.49. The molecular formula is C12H14N2O. The van der Waals surface area contributed by atoms with E-state index in [2.05, 4.69) is 5.32 Å². The monoisotopic (exact) mass is 202 g/mol. The standard InChI is InChI=1S/C12H14N2O/c13-10-9(8-4-2-1-3-5-8)14-11(15)12(10)6-7-12/h1-5,9-10H,6-7,13H2,(H,14,15)/t9-,10-/m0/s1. The van der Waals surface area contributed by atoms with Gasteiger partial charge in [0.05, 0.1) is 11.5 Å². The highest BCUT2D eigenvalue weighted by Crippen LogP contribution is 2.54. The number of carbonyl (C=O) groups excluding carboxylic acids is 1. The molecule has 3 nitrogen and oxygen atoms in total. The minimum atomic E-state index is -0.236. The molecule has 0 aromatic heterocycles. The van der Waals surface area contributed by atoms with Crippen LogP contribution in [-0.2, 0) is 4.79 Å². The van der Waals surface area contributed by atoms with Crippen molar-refractivity contribution in [3.8, 4) is 0 Å². The Hall–Kier alpha value is -1.35. The van der Waals surface area contributed by atoms with E-state index in [1.54, 1.807) is 0 Å². The van der Waals surface area contributed by atoms with Crippen LogP contribution in [0, 0.1) is 5.41 Å². The second-order valence-corrected chi connectivity index (χ2v) is 4.54. The zero-order valence-corrected chi connectivity index (χ0v) is 8.44. The van der Waals surface area contributed by atoms with E-state index in [0.29, 0.717) is 0 Å². The number of carbonyl (C=O) groups is 1. The summed E-state index contributed by atoms with van der Waals surface area (Å²) < 4.78 is 0. The second kappa shape index (κ2) is 2.83. The van der Waals surface area contributed by atoms with Gasteiger partial charge < -0.3 is 11.1 Å². The average molecular weight is 202 g/mol. The van der Waals surface area contributed by atoms with Gasteiger partial charge in [-0.05, 0) is 18.4 Å². The SMILES string of the molecule is N[C@H]1[C@H](c2ccccc2)NC(=O)C12CC2. The van der Waals surface area contributed by atoms with Crippen molar-refractivity contribution >= 4 is 5.91 Å². The molecule has 78 valence electrons. The Morgan fingerprint density at radius 1 is 1.27 bits per heavy atom. The van der Waals surface area contributed by atoms with E-state index in [0.717, 1.165) is 18.4 Å². The van der Waals surface area contributed by atoms with Gasteiger partial charge in [0.1, 0.15) is 0 Å². The summed E-state index contributed by atoms with van der Waals surface area (Å²) in [5, 5.41) is 3.01. The number of amides is 1. The van der Waals surface area contributed by atoms with Crippen molar-refractivity contribution in [2.75, 3.05) is 0 Å². The van der Waals surface area contributed by atoms with Gasteiger partial charge in [0.2, 0.25) is 5.91 Å². The molecule has 1 amide bonds. The quantitative estimate of drug-likeness (QED) is 0.712. The number of benzene rings is 1. The Morgan fingerprint density at radius 2 is 1.93 bits per heavy atom. The molecule has 2 fully saturated rings. The van der Waals surface area contributed by atoms with Gasteiger partial charge in [-0.25, -0.2) is 0 Å². The van der Waals surface area contributed by atoms with E-state index in [4.69, 9.17) is 5.73 Å². The van der Waals surface area contributed by atoms with E-state index in [1.165, 1.54) is 0 Å². The summed E-state index contributed by atoms with van der Waals surface area (Å²) in [5.74, 6) is 0.142. The van der Waals surface area contributed by atoms with Gasteiger partial charge in [-0.15, -0.1) is 0 Å². The van der Waals surface area contributed by atoms with E-state index in [1.807, 2.05) is 30.3 Å². The van der Waals surface area contributed by atoms with Crippen LogP contribution in [0.3, 0.4) is 0 Å². The molecule has 1 aromatic carbocycles. The lowest BCUT2D eigenvalue weighted by atomic mass is 9.92. The van der Waals surface area contributed by atoms with Crippen molar-refractivity contribution in [2.45, 2.75) is 24.9 Å². The van der Waals surface area contributed by atoms with Crippen LogP contribution in [0.5, 0.6) is 0 Å². The van der Waals surface area contributed by atoms with Gasteiger partial charge in [-0.1, -0.05) is 30.3 Å². The smallest absolute Gasteiger partial charge is 0.228 e. The van der Waals surface area contributed by atoms with E-state index < -0.39 is 0 Å². The van der Waals surface area contributed by atoms with Gasteiger partial charge in [0, 0.05) is 6.04 Å². The first-order valence-corrected chi connectivity index (χ1v) is 5.35. The van der Waals surface area contributed by atoms with E-state index in [9.17, 15) is 4.79 Å². The Labute approximate surface area is 88.7 Å². The third-order valence-electron chi connectivity index (χ3n) is 3.68. The van der Waals surface area contributed by atoms with Crippen LogP contribution in [0.25, 0.3) is 0 Å². The van der Waals surface area contributed by atoms with Crippen LogP contribution in [0.1, 0.15) is 24.4 Å². The molecule has 3 N–H and O–H groups in total. The third-order valence-corrected chi connectivity index (χ3v) is 3.68. The fraction of sp³-hybridized carbons (Fsp3) is 0.417. The molecule has 1 saturated heterocycles. The fourth-order valence-electron chi connectivity index (χ4n) is 2.49. The average Bonchev–Trinajstić information content (AvgIpc) is 3.03. The summed E-state index contributed by atoms with van der Waals surface area (Å²) in [6.45, 7) is 0. The van der Waals surface area contributed by atoms with Crippen LogP contribution < -0.4 is 11.1 Å². The maximum Gasteiger partial charge on any atom is 0.228 e. The predicted molar refractivity (Wildman–Crippen MR) is 57.0 cm³/mol. The first-order chi connectivity index (χ1) is 7.24. The molecule has 1 heterocycles. The maximum absolute atomic E-state index is 11.8. The maximum atomic E-state index is 11.8. The zero-order valence-electron chi connectivity index (χ0n) is 8.44. The van der Waals surface area contributed by atoms with Crippen molar-refractivity contribution in [1.82, 2.24) is 5.32 Å². The molecule has 3 rings (SSSR count). The molecule has 0 unspecified atom stereocenters. The molecule has 1 aromatic rings. The number of nitrogens with one attached hydrogen (secondary N) is 1. The molecule has 3 heteroatoms. The van der Waals surface area contributed by atoms with Gasteiger partial charge in [-0.3, -0.25) is 4.79 Å². The first-order valence-electron chi connectivity index (χ1n) is 5.35. The van der Waals surface area contributed by atoms with E-state index >= 15 is 0 Å². The predicted octanol–water partition coefficient (Wildman–Crippen LogP) is 0.965. The molecule has 0 radical (unpaired) electrons. The molecular weight excluding hydrogens is 188 g/mol. The molecule has 1 spiro atoms. The molecule has 15 heavy (non-hydrogen) atoms. The van der Waals surface area contributed by atoms with Crippen molar-refractivity contribution < 1.29 is 4.79 Å². The normalized spacial score (nSPS) is 31.7. The minimum Gasteiger partial charge on any atom is -0.347 e.